The van der Waals surface area contributed by atoms with Crippen LogP contribution >= 0.6 is 23.4 Å². The van der Waals surface area contributed by atoms with E-state index in [1.807, 2.05) is 5.32 Å². The number of hydrogen-bond acceptors (Lipinski definition) is 3. The van der Waals surface area contributed by atoms with Crippen molar-refractivity contribution in [1.29, 1.82) is 0 Å². The third kappa shape index (κ3) is 5.33. The summed E-state index contributed by atoms with van der Waals surface area (Å²) < 4.78 is 64.7. The van der Waals surface area contributed by atoms with Gasteiger partial charge in [0.2, 0.25) is 0 Å². The van der Waals surface area contributed by atoms with Crippen LogP contribution in [0.1, 0.15) is 10.4 Å². The van der Waals surface area contributed by atoms with Crippen molar-refractivity contribution < 1.29 is 31.5 Å². The van der Waals surface area contributed by atoms with E-state index in [-0.39, 0.29) is 10.7 Å². The summed E-state index contributed by atoms with van der Waals surface area (Å²) in [5.74, 6) is -3.23. The highest BCUT2D eigenvalue weighted by molar-refractivity contribution is 8.00. The standard InChI is InChI=1S/C16H10ClF5N2O2S/c1-24(12-6-5-8(7-11(12)19)27-16(20,21)22)15(26)23-14(25)13-9(17)3-2-4-10(13)18/h2-7H,1H3,(H,23,25,26). The molecule has 0 atom stereocenters. The fourth-order valence-corrected chi connectivity index (χ4v) is 2.84. The number of amides is 3. The summed E-state index contributed by atoms with van der Waals surface area (Å²) in [6.45, 7) is 0. The van der Waals surface area contributed by atoms with Crippen molar-refractivity contribution in [1.82, 2.24) is 5.32 Å². The summed E-state index contributed by atoms with van der Waals surface area (Å²) in [6.07, 6.45) is 0. The molecular formula is C16H10ClF5N2O2S. The molecule has 144 valence electrons. The Morgan fingerprint density at radius 2 is 1.78 bits per heavy atom. The van der Waals surface area contributed by atoms with Gasteiger partial charge in [0.1, 0.15) is 11.6 Å². The first-order valence-electron chi connectivity index (χ1n) is 7.08. The first kappa shape index (κ1) is 21.0. The smallest absolute Gasteiger partial charge is 0.294 e. The molecule has 27 heavy (non-hydrogen) atoms. The Balaban J connectivity index is 2.16. The van der Waals surface area contributed by atoms with Crippen LogP contribution in [0.4, 0.5) is 32.4 Å². The Labute approximate surface area is 159 Å². The molecule has 0 aliphatic carbocycles. The minimum Gasteiger partial charge on any atom is -0.294 e. The van der Waals surface area contributed by atoms with Crippen molar-refractivity contribution >= 4 is 41.0 Å². The first-order valence-corrected chi connectivity index (χ1v) is 8.27. The fraction of sp³-hybridized carbons (Fsp3) is 0.125. The molecule has 0 saturated heterocycles. The van der Waals surface area contributed by atoms with E-state index in [0.717, 1.165) is 25.2 Å². The number of nitrogens with zero attached hydrogens (tertiary/aromatic N) is 1. The van der Waals surface area contributed by atoms with Crippen molar-refractivity contribution in [2.45, 2.75) is 10.4 Å². The number of thioether (sulfide) groups is 1. The zero-order chi connectivity index (χ0) is 20.4. The van der Waals surface area contributed by atoms with Gasteiger partial charge in [-0.25, -0.2) is 13.6 Å². The summed E-state index contributed by atoms with van der Waals surface area (Å²) in [6, 6.07) is 4.86. The van der Waals surface area contributed by atoms with Gasteiger partial charge in [-0.3, -0.25) is 15.0 Å². The van der Waals surface area contributed by atoms with Crippen molar-refractivity contribution in [2.75, 3.05) is 11.9 Å². The zero-order valence-corrected chi connectivity index (χ0v) is 15.0. The molecule has 1 N–H and O–H groups in total. The van der Waals surface area contributed by atoms with Crippen LogP contribution in [0.3, 0.4) is 0 Å². The molecule has 0 saturated carbocycles. The van der Waals surface area contributed by atoms with E-state index in [4.69, 9.17) is 11.6 Å². The average Bonchev–Trinajstić information content (AvgIpc) is 2.52. The third-order valence-corrected chi connectivity index (χ3v) is 4.27. The van der Waals surface area contributed by atoms with Crippen LogP contribution in [-0.2, 0) is 0 Å². The number of nitrogens with one attached hydrogen (secondary N) is 1. The number of benzene rings is 2. The van der Waals surface area contributed by atoms with E-state index in [9.17, 15) is 31.5 Å². The van der Waals surface area contributed by atoms with Crippen molar-refractivity contribution in [3.63, 3.8) is 0 Å². The molecule has 0 radical (unpaired) electrons. The van der Waals surface area contributed by atoms with Crippen LogP contribution in [0.2, 0.25) is 5.02 Å². The summed E-state index contributed by atoms with van der Waals surface area (Å²) >= 11 is 5.21. The van der Waals surface area contributed by atoms with Crippen LogP contribution in [0.25, 0.3) is 0 Å². The van der Waals surface area contributed by atoms with Crippen LogP contribution in [0, 0.1) is 11.6 Å². The number of carbonyl (C=O) groups is 2. The maximum Gasteiger partial charge on any atom is 0.446 e. The minimum absolute atomic E-state index is 0.234. The quantitative estimate of drug-likeness (QED) is 0.543. The van der Waals surface area contributed by atoms with Gasteiger partial charge in [0.15, 0.2) is 0 Å². The average molecular weight is 425 g/mol. The van der Waals surface area contributed by atoms with Crippen molar-refractivity contribution in [3.05, 3.63) is 58.6 Å². The SMILES string of the molecule is CN(C(=O)NC(=O)c1c(F)cccc1Cl)c1ccc(SC(F)(F)F)cc1F. The monoisotopic (exact) mass is 424 g/mol. The van der Waals surface area contributed by atoms with E-state index < -0.39 is 51.3 Å². The molecule has 4 nitrogen and oxygen atoms in total. The Kier molecular flexibility index (Phi) is 6.32. The second-order valence-electron chi connectivity index (χ2n) is 5.08. The summed E-state index contributed by atoms with van der Waals surface area (Å²) in [5.41, 5.74) is -5.55. The van der Waals surface area contributed by atoms with Crippen LogP contribution < -0.4 is 10.2 Å². The molecule has 0 aromatic heterocycles. The Morgan fingerprint density at radius 3 is 2.33 bits per heavy atom. The lowest BCUT2D eigenvalue weighted by Gasteiger charge is -2.19. The van der Waals surface area contributed by atoms with Gasteiger partial charge in [0.25, 0.3) is 5.91 Å². The number of imide groups is 1. The van der Waals surface area contributed by atoms with Crippen molar-refractivity contribution in [2.24, 2.45) is 0 Å². The highest BCUT2D eigenvalue weighted by Gasteiger charge is 2.30. The van der Waals surface area contributed by atoms with Gasteiger partial charge in [-0.05, 0) is 42.1 Å². The summed E-state index contributed by atoms with van der Waals surface area (Å²) in [7, 11) is 1.08. The number of carbonyl (C=O) groups excluding carboxylic acids is 2. The molecular weight excluding hydrogens is 415 g/mol. The number of anilines is 1. The van der Waals surface area contributed by atoms with Gasteiger partial charge in [-0.2, -0.15) is 13.2 Å². The minimum atomic E-state index is -4.59. The molecule has 0 unspecified atom stereocenters. The topological polar surface area (TPSA) is 49.4 Å². The van der Waals surface area contributed by atoms with E-state index in [0.29, 0.717) is 11.0 Å². The number of hydrogen-bond donors (Lipinski definition) is 1. The van der Waals surface area contributed by atoms with Gasteiger partial charge in [0, 0.05) is 11.9 Å². The summed E-state index contributed by atoms with van der Waals surface area (Å²) in [5, 5.41) is 1.59. The molecule has 0 spiro atoms. The predicted molar refractivity (Wildman–Crippen MR) is 91.0 cm³/mol. The Hall–Kier alpha value is -2.33. The van der Waals surface area contributed by atoms with Gasteiger partial charge in [0.05, 0.1) is 16.3 Å². The van der Waals surface area contributed by atoms with E-state index in [2.05, 4.69) is 0 Å². The van der Waals surface area contributed by atoms with E-state index in [1.165, 1.54) is 12.1 Å². The first-order chi connectivity index (χ1) is 12.5. The number of rotatable bonds is 3. The van der Waals surface area contributed by atoms with E-state index in [1.54, 1.807) is 0 Å². The van der Waals surface area contributed by atoms with Gasteiger partial charge >= 0.3 is 11.5 Å². The highest BCUT2D eigenvalue weighted by Crippen LogP contribution is 2.38. The molecule has 0 aliphatic heterocycles. The van der Waals surface area contributed by atoms with Crippen LogP contribution in [-0.4, -0.2) is 24.5 Å². The lowest BCUT2D eigenvalue weighted by molar-refractivity contribution is -0.0328. The molecule has 11 heteroatoms. The molecule has 0 heterocycles. The molecule has 3 amide bonds. The van der Waals surface area contributed by atoms with Crippen molar-refractivity contribution in [3.8, 4) is 0 Å². The normalized spacial score (nSPS) is 11.2. The zero-order valence-electron chi connectivity index (χ0n) is 13.4. The Bertz CT molecular complexity index is 871. The lowest BCUT2D eigenvalue weighted by Crippen LogP contribution is -2.41. The largest absolute Gasteiger partial charge is 0.446 e. The number of urea groups is 1. The van der Waals surface area contributed by atoms with E-state index >= 15 is 0 Å². The summed E-state index contributed by atoms with van der Waals surface area (Å²) in [4.78, 5) is 24.4. The molecule has 2 aromatic rings. The van der Waals surface area contributed by atoms with Crippen LogP contribution in [0.15, 0.2) is 41.3 Å². The fourth-order valence-electron chi connectivity index (χ4n) is 2.02. The molecule has 2 aromatic carbocycles. The van der Waals surface area contributed by atoms with Crippen LogP contribution in [0.5, 0.6) is 0 Å². The van der Waals surface area contributed by atoms with Gasteiger partial charge in [-0.15, -0.1) is 0 Å². The second-order valence-corrected chi connectivity index (χ2v) is 6.62. The number of halogens is 6. The Morgan fingerprint density at radius 1 is 1.11 bits per heavy atom. The maximum atomic E-state index is 14.1. The molecule has 2 rings (SSSR count). The second kappa shape index (κ2) is 8.13. The molecule has 0 fully saturated rings. The molecule has 0 aliphatic rings. The van der Waals surface area contributed by atoms with Gasteiger partial charge in [-0.1, -0.05) is 17.7 Å². The highest BCUT2D eigenvalue weighted by atomic mass is 35.5. The number of alkyl halides is 3. The maximum absolute atomic E-state index is 14.1. The lowest BCUT2D eigenvalue weighted by atomic mass is 10.2. The third-order valence-electron chi connectivity index (χ3n) is 3.23. The van der Waals surface area contributed by atoms with Gasteiger partial charge < -0.3 is 0 Å². The molecule has 0 bridgehead atoms. The predicted octanol–water partition coefficient (Wildman–Crippen LogP) is 5.22.